The molecule has 0 bridgehead atoms. The van der Waals surface area contributed by atoms with Crippen molar-refractivity contribution < 1.29 is 37.4 Å². The molecular weight excluding hydrogens is 483 g/mol. The van der Waals surface area contributed by atoms with Crippen molar-refractivity contribution in [1.82, 2.24) is 14.7 Å². The first-order valence-electron chi connectivity index (χ1n) is 11.7. The van der Waals surface area contributed by atoms with Gasteiger partial charge in [0, 0.05) is 51.3 Å². The van der Waals surface area contributed by atoms with Crippen LogP contribution in [0.5, 0.6) is 0 Å². The van der Waals surface area contributed by atoms with E-state index in [0.717, 1.165) is 0 Å². The zero-order chi connectivity index (χ0) is 25.2. The van der Waals surface area contributed by atoms with Crippen LogP contribution in [-0.4, -0.2) is 97.7 Å². The first-order chi connectivity index (χ1) is 16.7. The second-order valence-electron chi connectivity index (χ2n) is 9.44. The maximum Gasteiger partial charge on any atom is 0.407 e. The number of carboxylic acid groups (broad SMARTS) is 1. The van der Waals surface area contributed by atoms with Crippen LogP contribution < -0.4 is 10.4 Å². The number of piperazine rings is 1. The maximum absolute atomic E-state index is 14.1. The van der Waals surface area contributed by atoms with E-state index in [1.54, 1.807) is 28.6 Å². The van der Waals surface area contributed by atoms with E-state index in [-0.39, 0.29) is 57.3 Å². The summed E-state index contributed by atoms with van der Waals surface area (Å²) in [6, 6.07) is 5.70. The molecule has 3 aliphatic rings. The number of hydroxylamine groups is 1. The minimum atomic E-state index is -3.95. The van der Waals surface area contributed by atoms with Crippen LogP contribution in [0, 0.1) is 17.2 Å². The summed E-state index contributed by atoms with van der Waals surface area (Å²) in [6.45, 7) is 1.58. The lowest BCUT2D eigenvalue weighted by Crippen LogP contribution is -2.60. The highest BCUT2D eigenvalue weighted by Gasteiger charge is 2.52. The van der Waals surface area contributed by atoms with Crippen LogP contribution in [0.2, 0.25) is 0 Å². The molecule has 3 heterocycles. The van der Waals surface area contributed by atoms with Gasteiger partial charge in [0.2, 0.25) is 10.0 Å². The monoisotopic (exact) mass is 514 g/mol. The average Bonchev–Trinajstić information content (AvgIpc) is 3.38. The zero-order valence-electron chi connectivity index (χ0n) is 19.3. The standard InChI is InChI=1S/C22H31FN4O7S/c23-17-3-1-2-4-18(17)25-8-10-26(11-9-25)35(32,33)15-22(20(28)24-31)6-7-27(21(29)30)19(13-22)16-5-12-34-14-16/h1-4,16,19,31H,5-15H2,(H,24,28)(H,29,30). The van der Waals surface area contributed by atoms with Crippen molar-refractivity contribution in [3.63, 3.8) is 0 Å². The molecule has 0 saturated carbocycles. The highest BCUT2D eigenvalue weighted by molar-refractivity contribution is 7.89. The van der Waals surface area contributed by atoms with Gasteiger partial charge in [0.15, 0.2) is 0 Å². The Balaban J connectivity index is 1.51. The number of halogens is 1. The van der Waals surface area contributed by atoms with E-state index in [0.29, 0.717) is 25.3 Å². The summed E-state index contributed by atoms with van der Waals surface area (Å²) in [5.74, 6) is -1.93. The number of hydrogen-bond acceptors (Lipinski definition) is 7. The highest BCUT2D eigenvalue weighted by Crippen LogP contribution is 2.41. The molecule has 35 heavy (non-hydrogen) atoms. The Kier molecular flexibility index (Phi) is 7.50. The van der Waals surface area contributed by atoms with Gasteiger partial charge in [-0.1, -0.05) is 12.1 Å². The van der Waals surface area contributed by atoms with Gasteiger partial charge >= 0.3 is 6.09 Å². The van der Waals surface area contributed by atoms with Crippen LogP contribution in [0.1, 0.15) is 19.3 Å². The second kappa shape index (κ2) is 10.2. The van der Waals surface area contributed by atoms with Crippen molar-refractivity contribution in [2.75, 3.05) is 56.6 Å². The van der Waals surface area contributed by atoms with E-state index in [9.17, 15) is 32.7 Å². The lowest BCUT2D eigenvalue weighted by atomic mass is 9.73. The molecule has 13 heteroatoms. The third kappa shape index (κ3) is 5.22. The molecule has 3 N–H and O–H groups in total. The number of amides is 2. The number of sulfonamides is 1. The number of anilines is 1. The average molecular weight is 515 g/mol. The lowest BCUT2D eigenvalue weighted by Gasteiger charge is -2.46. The van der Waals surface area contributed by atoms with E-state index in [1.165, 1.54) is 15.3 Å². The van der Waals surface area contributed by atoms with Crippen molar-refractivity contribution in [3.8, 4) is 0 Å². The van der Waals surface area contributed by atoms with E-state index in [4.69, 9.17) is 4.74 Å². The van der Waals surface area contributed by atoms with Crippen LogP contribution in [-0.2, 0) is 19.6 Å². The molecule has 0 aliphatic carbocycles. The van der Waals surface area contributed by atoms with E-state index in [2.05, 4.69) is 0 Å². The number of benzene rings is 1. The smallest absolute Gasteiger partial charge is 0.407 e. The van der Waals surface area contributed by atoms with Gasteiger partial charge in [-0.15, -0.1) is 0 Å². The van der Waals surface area contributed by atoms with Crippen molar-refractivity contribution >= 4 is 27.7 Å². The Hall–Kier alpha value is -2.48. The van der Waals surface area contributed by atoms with Crippen LogP contribution in [0.15, 0.2) is 24.3 Å². The number of likely N-dealkylation sites (tertiary alicyclic amines) is 1. The molecule has 3 atom stereocenters. The Morgan fingerprint density at radius 3 is 2.49 bits per heavy atom. The normalized spacial score (nSPS) is 28.2. The van der Waals surface area contributed by atoms with Crippen LogP contribution in [0.3, 0.4) is 0 Å². The van der Waals surface area contributed by atoms with E-state index in [1.807, 2.05) is 0 Å². The predicted octanol–water partition coefficient (Wildman–Crippen LogP) is 0.948. The quantitative estimate of drug-likeness (QED) is 0.377. The Morgan fingerprint density at radius 2 is 1.89 bits per heavy atom. The summed E-state index contributed by atoms with van der Waals surface area (Å²) in [4.78, 5) is 27.8. The van der Waals surface area contributed by atoms with E-state index >= 15 is 0 Å². The van der Waals surface area contributed by atoms with Gasteiger partial charge in [0.1, 0.15) is 5.82 Å². The van der Waals surface area contributed by atoms with Crippen molar-refractivity contribution in [1.29, 1.82) is 0 Å². The summed E-state index contributed by atoms with van der Waals surface area (Å²) in [5.41, 5.74) is 0.537. The summed E-state index contributed by atoms with van der Waals surface area (Å²) in [5, 5.41) is 19.2. The third-order valence-corrected chi connectivity index (χ3v) is 9.52. The number of carbonyl (C=O) groups is 2. The second-order valence-corrected chi connectivity index (χ2v) is 11.4. The minimum Gasteiger partial charge on any atom is -0.465 e. The van der Waals surface area contributed by atoms with Crippen molar-refractivity contribution in [2.45, 2.75) is 25.3 Å². The SMILES string of the molecule is O=C(O)N1CCC(CS(=O)(=O)N2CCN(c3ccccc3F)CC2)(C(=O)NO)CC1C1CCOC1. The van der Waals surface area contributed by atoms with Crippen LogP contribution in [0.4, 0.5) is 14.9 Å². The molecule has 0 radical (unpaired) electrons. The molecule has 1 aromatic carbocycles. The fraction of sp³-hybridized carbons (Fsp3) is 0.636. The maximum atomic E-state index is 14.1. The highest BCUT2D eigenvalue weighted by atomic mass is 32.2. The van der Waals surface area contributed by atoms with Gasteiger partial charge in [0.25, 0.3) is 5.91 Å². The number of nitrogens with one attached hydrogen (secondary N) is 1. The van der Waals surface area contributed by atoms with Gasteiger partial charge in [-0.25, -0.2) is 23.1 Å². The summed E-state index contributed by atoms with van der Waals surface area (Å²) < 4.78 is 47.8. The molecule has 3 fully saturated rings. The molecule has 3 unspecified atom stereocenters. The van der Waals surface area contributed by atoms with Crippen LogP contribution in [0.25, 0.3) is 0 Å². The van der Waals surface area contributed by atoms with Gasteiger partial charge in [-0.2, -0.15) is 4.31 Å². The minimum absolute atomic E-state index is 0.0273. The van der Waals surface area contributed by atoms with Gasteiger partial charge in [-0.3, -0.25) is 10.0 Å². The van der Waals surface area contributed by atoms with E-state index < -0.39 is 39.2 Å². The summed E-state index contributed by atoms with van der Waals surface area (Å²) in [7, 11) is -3.95. The molecule has 3 aliphatic heterocycles. The molecule has 2 amide bonds. The fourth-order valence-electron chi connectivity index (χ4n) is 5.50. The first kappa shape index (κ1) is 25.6. The van der Waals surface area contributed by atoms with Gasteiger partial charge in [0.05, 0.1) is 23.5 Å². The number of piperidine rings is 1. The molecule has 11 nitrogen and oxygen atoms in total. The Morgan fingerprint density at radius 1 is 1.17 bits per heavy atom. The van der Waals surface area contributed by atoms with Gasteiger partial charge in [-0.05, 0) is 31.4 Å². The van der Waals surface area contributed by atoms with Crippen molar-refractivity contribution in [3.05, 3.63) is 30.1 Å². The molecular formula is C22H31FN4O7S. The third-order valence-electron chi connectivity index (χ3n) is 7.45. The number of rotatable bonds is 6. The Bertz CT molecular complexity index is 1040. The molecule has 194 valence electrons. The largest absolute Gasteiger partial charge is 0.465 e. The summed E-state index contributed by atoms with van der Waals surface area (Å²) in [6.07, 6.45) is -0.596. The number of carbonyl (C=O) groups excluding carboxylic acids is 1. The van der Waals surface area contributed by atoms with Gasteiger partial charge < -0.3 is 19.6 Å². The number of ether oxygens (including phenoxy) is 1. The first-order valence-corrected chi connectivity index (χ1v) is 13.3. The number of para-hydroxylation sites is 1. The zero-order valence-corrected chi connectivity index (χ0v) is 20.1. The molecule has 3 saturated heterocycles. The molecule has 0 aromatic heterocycles. The van der Waals surface area contributed by atoms with Crippen LogP contribution >= 0.6 is 0 Å². The molecule has 4 rings (SSSR count). The number of nitrogens with zero attached hydrogens (tertiary/aromatic N) is 3. The topological polar surface area (TPSA) is 140 Å². The lowest BCUT2D eigenvalue weighted by molar-refractivity contribution is -0.143. The molecule has 0 spiro atoms. The summed E-state index contributed by atoms with van der Waals surface area (Å²) >= 11 is 0. The number of hydrogen-bond donors (Lipinski definition) is 3. The van der Waals surface area contributed by atoms with Crippen molar-refractivity contribution in [2.24, 2.45) is 11.3 Å². The predicted molar refractivity (Wildman–Crippen MR) is 123 cm³/mol. The Labute approximate surface area is 203 Å². The molecule has 1 aromatic rings. The fourth-order valence-corrected chi connectivity index (χ4v) is 7.50.